The zero-order valence-electron chi connectivity index (χ0n) is 10.8. The van der Waals surface area contributed by atoms with E-state index in [1.165, 1.54) is 0 Å². The lowest BCUT2D eigenvalue weighted by molar-refractivity contribution is -0.132. The minimum atomic E-state index is -0.856. The number of benzene rings is 2. The Morgan fingerprint density at radius 3 is 2.32 bits per heavy atom. The summed E-state index contributed by atoms with van der Waals surface area (Å²) in [6, 6.07) is 17.8. The summed E-state index contributed by atoms with van der Waals surface area (Å²) in [6.07, 6.45) is 2.27. The second-order valence-electron chi connectivity index (χ2n) is 4.28. The third-order valence-corrected chi connectivity index (χ3v) is 3.03. The molecule has 0 unspecified atom stereocenters. The van der Waals surface area contributed by atoms with Gasteiger partial charge in [0.15, 0.2) is 0 Å². The lowest BCUT2D eigenvalue weighted by Gasteiger charge is -2.07. The van der Waals surface area contributed by atoms with Gasteiger partial charge < -0.3 is 5.11 Å². The molecule has 0 atom stereocenters. The summed E-state index contributed by atoms with van der Waals surface area (Å²) in [5, 5.41) is 9.13. The molecule has 0 spiro atoms. The minimum absolute atomic E-state index is 0.420. The predicted octanol–water partition coefficient (Wildman–Crippen LogP) is 4.23. The van der Waals surface area contributed by atoms with Gasteiger partial charge in [0.1, 0.15) is 0 Å². The topological polar surface area (TPSA) is 37.3 Å². The fourth-order valence-electron chi connectivity index (χ4n) is 2.01. The molecule has 0 aromatic heterocycles. The largest absolute Gasteiger partial charge is 0.478 e. The number of carboxylic acid groups (broad SMARTS) is 1. The Morgan fingerprint density at radius 1 is 1.05 bits per heavy atom. The molecule has 0 bridgehead atoms. The number of hydrogen-bond acceptors (Lipinski definition) is 1. The van der Waals surface area contributed by atoms with Crippen molar-refractivity contribution in [3.8, 4) is 11.1 Å². The van der Waals surface area contributed by atoms with Crippen molar-refractivity contribution in [3.63, 3.8) is 0 Å². The van der Waals surface area contributed by atoms with Crippen LogP contribution >= 0.6 is 0 Å². The molecule has 0 radical (unpaired) electrons. The molecule has 0 fully saturated rings. The Balaban J connectivity index is 2.51. The predicted molar refractivity (Wildman–Crippen MR) is 77.8 cm³/mol. The van der Waals surface area contributed by atoms with Crippen molar-refractivity contribution in [3.05, 3.63) is 65.7 Å². The molecule has 0 heterocycles. The SMILES string of the molecule is CCC(=Cc1ccccc1-c1ccccc1)C(=O)O. The highest BCUT2D eigenvalue weighted by Gasteiger charge is 2.07. The van der Waals surface area contributed by atoms with E-state index in [0.29, 0.717) is 12.0 Å². The number of hydrogen-bond donors (Lipinski definition) is 1. The highest BCUT2D eigenvalue weighted by Crippen LogP contribution is 2.25. The van der Waals surface area contributed by atoms with Gasteiger partial charge in [-0.05, 0) is 29.2 Å². The van der Waals surface area contributed by atoms with Crippen LogP contribution in [0.1, 0.15) is 18.9 Å². The molecule has 0 aliphatic heterocycles. The van der Waals surface area contributed by atoms with Crippen molar-refractivity contribution in [1.82, 2.24) is 0 Å². The van der Waals surface area contributed by atoms with Gasteiger partial charge in [-0.3, -0.25) is 0 Å². The summed E-state index contributed by atoms with van der Waals surface area (Å²) in [5.41, 5.74) is 3.50. The van der Waals surface area contributed by atoms with Crippen LogP contribution in [-0.2, 0) is 4.79 Å². The zero-order chi connectivity index (χ0) is 13.7. The summed E-state index contributed by atoms with van der Waals surface area (Å²) < 4.78 is 0. The maximum absolute atomic E-state index is 11.1. The standard InChI is InChI=1S/C17H16O2/c1-2-13(17(18)19)12-15-10-6-7-11-16(15)14-8-4-3-5-9-14/h3-12H,2H2,1H3,(H,18,19). The fraction of sp³-hybridized carbons (Fsp3) is 0.118. The summed E-state index contributed by atoms with van der Waals surface area (Å²) >= 11 is 0. The quantitative estimate of drug-likeness (QED) is 0.827. The Morgan fingerprint density at radius 2 is 1.68 bits per heavy atom. The molecule has 0 saturated heterocycles. The van der Waals surface area contributed by atoms with Gasteiger partial charge in [-0.25, -0.2) is 4.79 Å². The Labute approximate surface area is 113 Å². The first kappa shape index (κ1) is 13.1. The summed E-state index contributed by atoms with van der Waals surface area (Å²) in [4.78, 5) is 11.1. The van der Waals surface area contributed by atoms with Crippen LogP contribution in [0.15, 0.2) is 60.2 Å². The normalized spacial score (nSPS) is 11.3. The second-order valence-corrected chi connectivity index (χ2v) is 4.28. The van der Waals surface area contributed by atoms with Crippen LogP contribution in [0.25, 0.3) is 17.2 Å². The number of carbonyl (C=O) groups is 1. The number of aliphatic carboxylic acids is 1. The summed E-state index contributed by atoms with van der Waals surface area (Å²) in [7, 11) is 0. The molecule has 0 aliphatic carbocycles. The molecular weight excluding hydrogens is 236 g/mol. The maximum Gasteiger partial charge on any atom is 0.331 e. The van der Waals surface area contributed by atoms with Crippen molar-refractivity contribution < 1.29 is 9.90 Å². The van der Waals surface area contributed by atoms with E-state index >= 15 is 0 Å². The maximum atomic E-state index is 11.1. The third-order valence-electron chi connectivity index (χ3n) is 3.03. The fourth-order valence-corrected chi connectivity index (χ4v) is 2.01. The van der Waals surface area contributed by atoms with Crippen LogP contribution < -0.4 is 0 Å². The molecular formula is C17H16O2. The van der Waals surface area contributed by atoms with E-state index in [9.17, 15) is 4.79 Å². The number of rotatable bonds is 4. The monoisotopic (exact) mass is 252 g/mol. The average Bonchev–Trinajstić information content (AvgIpc) is 2.45. The van der Waals surface area contributed by atoms with E-state index in [0.717, 1.165) is 16.7 Å². The van der Waals surface area contributed by atoms with Crippen LogP contribution in [0.3, 0.4) is 0 Å². The van der Waals surface area contributed by atoms with Crippen LogP contribution in [-0.4, -0.2) is 11.1 Å². The molecule has 2 rings (SSSR count). The first-order valence-corrected chi connectivity index (χ1v) is 6.30. The third kappa shape index (κ3) is 3.10. The van der Waals surface area contributed by atoms with E-state index in [1.807, 2.05) is 61.5 Å². The van der Waals surface area contributed by atoms with E-state index in [2.05, 4.69) is 0 Å². The average molecular weight is 252 g/mol. The van der Waals surface area contributed by atoms with Crippen LogP contribution in [0.2, 0.25) is 0 Å². The van der Waals surface area contributed by atoms with Crippen molar-refractivity contribution in [2.75, 3.05) is 0 Å². The van der Waals surface area contributed by atoms with Gasteiger partial charge in [-0.1, -0.05) is 61.5 Å². The summed E-state index contributed by atoms with van der Waals surface area (Å²) in [6.45, 7) is 1.85. The van der Waals surface area contributed by atoms with Crippen LogP contribution in [0.4, 0.5) is 0 Å². The molecule has 1 N–H and O–H groups in total. The van der Waals surface area contributed by atoms with E-state index in [-0.39, 0.29) is 0 Å². The molecule has 0 aliphatic rings. The Bertz CT molecular complexity index is 598. The lowest BCUT2D eigenvalue weighted by atomic mass is 9.97. The highest BCUT2D eigenvalue weighted by molar-refractivity contribution is 5.93. The summed E-state index contributed by atoms with van der Waals surface area (Å²) in [5.74, 6) is -0.856. The first-order chi connectivity index (χ1) is 9.22. The van der Waals surface area contributed by atoms with Gasteiger partial charge in [-0.15, -0.1) is 0 Å². The van der Waals surface area contributed by atoms with Crippen molar-refractivity contribution >= 4 is 12.0 Å². The molecule has 2 aromatic rings. The van der Waals surface area contributed by atoms with Crippen molar-refractivity contribution in [2.45, 2.75) is 13.3 Å². The zero-order valence-corrected chi connectivity index (χ0v) is 10.8. The van der Waals surface area contributed by atoms with Gasteiger partial charge >= 0.3 is 5.97 Å². The van der Waals surface area contributed by atoms with E-state index in [1.54, 1.807) is 6.08 Å². The van der Waals surface area contributed by atoms with E-state index in [4.69, 9.17) is 5.11 Å². The van der Waals surface area contributed by atoms with Crippen molar-refractivity contribution in [2.24, 2.45) is 0 Å². The molecule has 2 nitrogen and oxygen atoms in total. The van der Waals surface area contributed by atoms with Gasteiger partial charge in [0.2, 0.25) is 0 Å². The van der Waals surface area contributed by atoms with Gasteiger partial charge in [-0.2, -0.15) is 0 Å². The van der Waals surface area contributed by atoms with Gasteiger partial charge in [0, 0.05) is 5.57 Å². The molecule has 0 amide bonds. The highest BCUT2D eigenvalue weighted by atomic mass is 16.4. The molecule has 2 aromatic carbocycles. The smallest absolute Gasteiger partial charge is 0.331 e. The minimum Gasteiger partial charge on any atom is -0.478 e. The van der Waals surface area contributed by atoms with Crippen molar-refractivity contribution in [1.29, 1.82) is 0 Å². The van der Waals surface area contributed by atoms with Crippen LogP contribution in [0, 0.1) is 0 Å². The molecule has 96 valence electrons. The molecule has 0 saturated carbocycles. The molecule has 2 heteroatoms. The first-order valence-electron chi connectivity index (χ1n) is 6.30. The van der Waals surface area contributed by atoms with Gasteiger partial charge in [0.05, 0.1) is 0 Å². The van der Waals surface area contributed by atoms with Gasteiger partial charge in [0.25, 0.3) is 0 Å². The lowest BCUT2D eigenvalue weighted by Crippen LogP contribution is -1.99. The van der Waals surface area contributed by atoms with E-state index < -0.39 is 5.97 Å². The number of carboxylic acids is 1. The van der Waals surface area contributed by atoms with Crippen LogP contribution in [0.5, 0.6) is 0 Å². The Kier molecular flexibility index (Phi) is 4.14. The second kappa shape index (κ2) is 6.01. The Hall–Kier alpha value is -2.35. The molecule has 19 heavy (non-hydrogen) atoms.